The highest BCUT2D eigenvalue weighted by Crippen LogP contribution is 2.52. The molecule has 0 aliphatic carbocycles. The van der Waals surface area contributed by atoms with Crippen molar-refractivity contribution in [1.29, 1.82) is 0 Å². The number of rotatable bonds is 2. The van der Waals surface area contributed by atoms with Crippen molar-refractivity contribution in [3.8, 4) is 23.0 Å². The summed E-state index contributed by atoms with van der Waals surface area (Å²) in [4.78, 5) is 4.93. The summed E-state index contributed by atoms with van der Waals surface area (Å²) in [7, 11) is 0. The van der Waals surface area contributed by atoms with E-state index in [1.807, 2.05) is 12.3 Å². The highest BCUT2D eigenvalue weighted by Gasteiger charge is 2.38. The van der Waals surface area contributed by atoms with Gasteiger partial charge in [-0.25, -0.2) is 4.98 Å². The predicted octanol–water partition coefficient (Wildman–Crippen LogP) is 10.3. The average molecular weight is 582 g/mol. The minimum Gasteiger partial charge on any atom is -0.457 e. The van der Waals surface area contributed by atoms with Crippen LogP contribution in [0.4, 0.5) is 0 Å². The fourth-order valence-corrected chi connectivity index (χ4v) is 8.48. The predicted molar refractivity (Wildman–Crippen MR) is 184 cm³/mol. The lowest BCUT2D eigenvalue weighted by Crippen LogP contribution is -2.27. The Hall–Kier alpha value is -5.35. The molecule has 5 heterocycles. The summed E-state index contributed by atoms with van der Waals surface area (Å²) >= 11 is 0. The Balaban J connectivity index is 1.23. The Kier molecular flexibility index (Phi) is 4.57. The van der Waals surface area contributed by atoms with Gasteiger partial charge in [-0.3, -0.25) is 4.57 Å². The number of para-hydroxylation sites is 3. The quantitative estimate of drug-likeness (QED) is 0.203. The topological polar surface area (TPSA) is 32.0 Å². The van der Waals surface area contributed by atoms with Gasteiger partial charge in [-0.1, -0.05) is 88.4 Å². The van der Waals surface area contributed by atoms with Gasteiger partial charge < -0.3 is 9.30 Å². The van der Waals surface area contributed by atoms with Crippen LogP contribution in [-0.4, -0.2) is 14.1 Å². The molecule has 0 unspecified atom stereocenters. The van der Waals surface area contributed by atoms with Crippen LogP contribution in [0, 0.1) is 0 Å². The van der Waals surface area contributed by atoms with Crippen molar-refractivity contribution in [3.05, 3.63) is 138 Å². The van der Waals surface area contributed by atoms with Crippen LogP contribution in [-0.2, 0) is 10.8 Å². The molecule has 0 atom stereocenters. The standard InChI is InChI=1S/C41H31N3O/c1-40(2)30-14-9-12-27-26-19-18-24(23-34(26)44(37(27)30)39-31(40)15-10-22-42-39)45-35-21-20-28-25-11-5-7-16-32(25)43-33-17-8-6-13-29(33)41(3,4)36(35)38(28)43/h5-23H,1-4H3. The molecule has 4 nitrogen and oxygen atoms in total. The zero-order chi connectivity index (χ0) is 30.2. The second kappa shape index (κ2) is 8.22. The van der Waals surface area contributed by atoms with Crippen molar-refractivity contribution < 1.29 is 4.74 Å². The van der Waals surface area contributed by atoms with Gasteiger partial charge >= 0.3 is 0 Å². The lowest BCUT2D eigenvalue weighted by Gasteiger charge is -2.35. The lowest BCUT2D eigenvalue weighted by atomic mass is 9.74. The van der Waals surface area contributed by atoms with Crippen LogP contribution < -0.4 is 4.74 Å². The number of pyridine rings is 1. The SMILES string of the molecule is CC1(C)c2cccnc2-n2c3cc(Oc4ccc5c6ccccc6n6c5c4C(C)(C)c4ccccc4-6)ccc3c3cccc1c32. The Bertz CT molecular complexity index is 2580. The fraction of sp³-hybridized carbons (Fsp3) is 0.146. The van der Waals surface area contributed by atoms with Gasteiger partial charge in [0.15, 0.2) is 0 Å². The van der Waals surface area contributed by atoms with E-state index in [1.54, 1.807) is 0 Å². The number of hydrogen-bond acceptors (Lipinski definition) is 2. The molecular formula is C41H31N3O. The van der Waals surface area contributed by atoms with Crippen molar-refractivity contribution in [1.82, 2.24) is 14.1 Å². The van der Waals surface area contributed by atoms with Gasteiger partial charge in [0.25, 0.3) is 0 Å². The number of hydrogen-bond donors (Lipinski definition) is 0. The monoisotopic (exact) mass is 581 g/mol. The summed E-state index contributed by atoms with van der Waals surface area (Å²) in [6, 6.07) is 39.4. The molecule has 0 N–H and O–H groups in total. The molecule has 2 aliphatic heterocycles. The van der Waals surface area contributed by atoms with Crippen molar-refractivity contribution in [2.24, 2.45) is 0 Å². The molecule has 216 valence electrons. The molecule has 0 spiro atoms. The van der Waals surface area contributed by atoms with E-state index in [9.17, 15) is 0 Å². The average Bonchev–Trinajstić information content (AvgIpc) is 3.56. The number of ether oxygens (including phenoxy) is 1. The number of aromatic nitrogens is 3. The van der Waals surface area contributed by atoms with Crippen LogP contribution in [0.2, 0.25) is 0 Å². The van der Waals surface area contributed by atoms with Crippen LogP contribution in [0.5, 0.6) is 11.5 Å². The number of fused-ring (bicyclic) bond motifs is 10. The summed E-state index contributed by atoms with van der Waals surface area (Å²) in [5.41, 5.74) is 10.7. The first-order valence-corrected chi connectivity index (χ1v) is 15.7. The Morgan fingerprint density at radius 2 is 1.27 bits per heavy atom. The van der Waals surface area contributed by atoms with E-state index < -0.39 is 0 Å². The molecule has 45 heavy (non-hydrogen) atoms. The number of benzene rings is 5. The second-order valence-corrected chi connectivity index (χ2v) is 13.6. The first-order chi connectivity index (χ1) is 21.9. The lowest BCUT2D eigenvalue weighted by molar-refractivity contribution is 0.462. The Morgan fingerprint density at radius 1 is 0.556 bits per heavy atom. The van der Waals surface area contributed by atoms with Gasteiger partial charge in [-0.15, -0.1) is 0 Å². The summed E-state index contributed by atoms with van der Waals surface area (Å²) in [5, 5.41) is 4.97. The van der Waals surface area contributed by atoms with E-state index in [4.69, 9.17) is 9.72 Å². The van der Waals surface area contributed by atoms with E-state index in [0.29, 0.717) is 0 Å². The molecule has 0 bridgehead atoms. The zero-order valence-electron chi connectivity index (χ0n) is 25.7. The van der Waals surface area contributed by atoms with E-state index >= 15 is 0 Å². The molecule has 0 amide bonds. The van der Waals surface area contributed by atoms with E-state index in [0.717, 1.165) is 22.8 Å². The maximum atomic E-state index is 6.98. The summed E-state index contributed by atoms with van der Waals surface area (Å²) in [6.07, 6.45) is 1.90. The molecule has 0 saturated heterocycles. The van der Waals surface area contributed by atoms with Crippen LogP contribution in [0.1, 0.15) is 49.9 Å². The van der Waals surface area contributed by atoms with Gasteiger partial charge in [0.05, 0.1) is 27.8 Å². The van der Waals surface area contributed by atoms with E-state index in [2.05, 4.69) is 140 Å². The van der Waals surface area contributed by atoms with E-state index in [-0.39, 0.29) is 10.8 Å². The second-order valence-electron chi connectivity index (χ2n) is 13.6. The highest BCUT2D eigenvalue weighted by atomic mass is 16.5. The van der Waals surface area contributed by atoms with Gasteiger partial charge in [0.1, 0.15) is 17.3 Å². The molecule has 5 aromatic carbocycles. The van der Waals surface area contributed by atoms with Gasteiger partial charge in [-0.2, -0.15) is 0 Å². The minimum atomic E-state index is -0.265. The molecule has 10 rings (SSSR count). The van der Waals surface area contributed by atoms with Crippen molar-refractivity contribution in [3.63, 3.8) is 0 Å². The molecule has 0 fully saturated rings. The first-order valence-electron chi connectivity index (χ1n) is 15.7. The number of nitrogens with zero attached hydrogens (tertiary/aromatic N) is 3. The fourth-order valence-electron chi connectivity index (χ4n) is 8.48. The third-order valence-electron chi connectivity index (χ3n) is 10.6. The molecular weight excluding hydrogens is 550 g/mol. The highest BCUT2D eigenvalue weighted by molar-refractivity contribution is 6.13. The van der Waals surface area contributed by atoms with Crippen molar-refractivity contribution >= 4 is 43.6 Å². The third kappa shape index (κ3) is 3.00. The van der Waals surface area contributed by atoms with Gasteiger partial charge in [-0.05, 0) is 53.6 Å². The van der Waals surface area contributed by atoms with Crippen LogP contribution in [0.15, 0.2) is 115 Å². The molecule has 0 saturated carbocycles. The molecule has 2 aliphatic rings. The van der Waals surface area contributed by atoms with Crippen molar-refractivity contribution in [2.45, 2.75) is 38.5 Å². The first kappa shape index (κ1) is 25.0. The van der Waals surface area contributed by atoms with Crippen LogP contribution in [0.25, 0.3) is 55.1 Å². The van der Waals surface area contributed by atoms with Crippen LogP contribution in [0.3, 0.4) is 0 Å². The summed E-state index contributed by atoms with van der Waals surface area (Å²) in [5.74, 6) is 2.70. The minimum absolute atomic E-state index is 0.148. The van der Waals surface area contributed by atoms with Crippen LogP contribution >= 0.6 is 0 Å². The molecule has 3 aromatic heterocycles. The van der Waals surface area contributed by atoms with Crippen molar-refractivity contribution in [2.75, 3.05) is 0 Å². The smallest absolute Gasteiger partial charge is 0.141 e. The Morgan fingerprint density at radius 3 is 2.18 bits per heavy atom. The van der Waals surface area contributed by atoms with Gasteiger partial charge in [0, 0.05) is 55.8 Å². The third-order valence-corrected chi connectivity index (χ3v) is 10.6. The van der Waals surface area contributed by atoms with E-state index in [1.165, 1.54) is 66.0 Å². The maximum absolute atomic E-state index is 6.98. The molecule has 0 radical (unpaired) electrons. The summed E-state index contributed by atoms with van der Waals surface area (Å²) in [6.45, 7) is 9.26. The summed E-state index contributed by atoms with van der Waals surface area (Å²) < 4.78 is 11.8. The zero-order valence-corrected chi connectivity index (χ0v) is 25.7. The maximum Gasteiger partial charge on any atom is 0.141 e. The normalized spacial score (nSPS) is 15.5. The molecule has 4 heteroatoms. The Labute approximate surface area is 261 Å². The largest absolute Gasteiger partial charge is 0.457 e. The molecule has 8 aromatic rings. The van der Waals surface area contributed by atoms with Gasteiger partial charge in [0.2, 0.25) is 0 Å².